The molecule has 2 aliphatic rings. The number of hydrogen-bond acceptors (Lipinski definition) is 4. The van der Waals surface area contributed by atoms with Gasteiger partial charge in [0.2, 0.25) is 5.91 Å². The zero-order valence-electron chi connectivity index (χ0n) is 19.9. The molecule has 4 heterocycles. The van der Waals surface area contributed by atoms with E-state index < -0.39 is 0 Å². The van der Waals surface area contributed by atoms with E-state index in [0.717, 1.165) is 79.5 Å². The molecule has 1 saturated heterocycles. The van der Waals surface area contributed by atoms with Crippen molar-refractivity contribution in [3.63, 3.8) is 0 Å². The van der Waals surface area contributed by atoms with Gasteiger partial charge in [-0.3, -0.25) is 4.79 Å². The van der Waals surface area contributed by atoms with Crippen molar-refractivity contribution in [2.24, 2.45) is 5.92 Å². The molecule has 1 aromatic carbocycles. The third kappa shape index (κ3) is 4.26. The molecular formula is C27H33N5O. The molecule has 5 rings (SSSR count). The Kier molecular flexibility index (Phi) is 5.92. The highest BCUT2D eigenvalue weighted by molar-refractivity contribution is 5.99. The second-order valence-corrected chi connectivity index (χ2v) is 9.47. The number of rotatable bonds is 4. The van der Waals surface area contributed by atoms with Crippen LogP contribution in [0.4, 0.5) is 11.5 Å². The van der Waals surface area contributed by atoms with Crippen molar-refractivity contribution >= 4 is 17.4 Å². The van der Waals surface area contributed by atoms with Gasteiger partial charge in [0.15, 0.2) is 0 Å². The maximum absolute atomic E-state index is 13.8. The van der Waals surface area contributed by atoms with E-state index in [0.29, 0.717) is 6.54 Å². The number of aryl methyl sites for hydroxylation is 3. The van der Waals surface area contributed by atoms with E-state index in [1.807, 2.05) is 17.2 Å². The second kappa shape index (κ2) is 9.00. The second-order valence-electron chi connectivity index (χ2n) is 9.47. The molecule has 6 heteroatoms. The van der Waals surface area contributed by atoms with E-state index in [9.17, 15) is 4.79 Å². The van der Waals surface area contributed by atoms with Crippen molar-refractivity contribution in [1.29, 1.82) is 0 Å². The molecule has 1 N–H and O–H groups in total. The highest BCUT2D eigenvalue weighted by Gasteiger charge is 2.33. The van der Waals surface area contributed by atoms with Gasteiger partial charge in [0, 0.05) is 55.8 Å². The number of carbonyl (C=O) groups excluding carboxylic acids is 1. The molecule has 0 spiro atoms. The number of imidazole rings is 1. The number of aromatic amines is 1. The lowest BCUT2D eigenvalue weighted by molar-refractivity contribution is -0.123. The van der Waals surface area contributed by atoms with Crippen LogP contribution in [0.3, 0.4) is 0 Å². The molecule has 0 atom stereocenters. The predicted molar refractivity (Wildman–Crippen MR) is 133 cm³/mol. The highest BCUT2D eigenvalue weighted by atomic mass is 16.2. The summed E-state index contributed by atoms with van der Waals surface area (Å²) in [6.07, 6.45) is 6.40. The summed E-state index contributed by atoms with van der Waals surface area (Å²) in [7, 11) is 0. The van der Waals surface area contributed by atoms with Gasteiger partial charge in [0.25, 0.3) is 0 Å². The lowest BCUT2D eigenvalue weighted by Gasteiger charge is -2.35. The fraction of sp³-hybridized carbons (Fsp3) is 0.444. The molecular weight excluding hydrogens is 410 g/mol. The Morgan fingerprint density at radius 3 is 2.64 bits per heavy atom. The van der Waals surface area contributed by atoms with E-state index in [-0.39, 0.29) is 11.8 Å². The molecule has 0 bridgehead atoms. The summed E-state index contributed by atoms with van der Waals surface area (Å²) in [4.78, 5) is 31.1. The smallest absolute Gasteiger partial charge is 0.230 e. The SMILES string of the molecule is CCCc1nc2c([nH]1)CCN(C(=O)C1CCN(c3cc(C)ccn3)CC1)c1ccc(C)cc1-2. The number of aromatic nitrogens is 3. The largest absolute Gasteiger partial charge is 0.357 e. The van der Waals surface area contributed by atoms with Crippen LogP contribution in [-0.2, 0) is 17.6 Å². The highest BCUT2D eigenvalue weighted by Crippen LogP contribution is 2.37. The monoisotopic (exact) mass is 443 g/mol. The topological polar surface area (TPSA) is 65.1 Å². The van der Waals surface area contributed by atoms with Gasteiger partial charge >= 0.3 is 0 Å². The first kappa shape index (κ1) is 21.7. The minimum atomic E-state index is 0.0419. The number of carbonyl (C=O) groups is 1. The first-order valence-electron chi connectivity index (χ1n) is 12.2. The van der Waals surface area contributed by atoms with E-state index in [1.165, 1.54) is 11.1 Å². The molecule has 2 aromatic heterocycles. The number of hydrogen-bond donors (Lipinski definition) is 1. The summed E-state index contributed by atoms with van der Waals surface area (Å²) in [5, 5.41) is 0. The Bertz CT molecular complexity index is 1160. The average molecular weight is 444 g/mol. The van der Waals surface area contributed by atoms with Crippen molar-refractivity contribution < 1.29 is 4.79 Å². The van der Waals surface area contributed by atoms with E-state index >= 15 is 0 Å². The molecule has 172 valence electrons. The van der Waals surface area contributed by atoms with Crippen molar-refractivity contribution in [1.82, 2.24) is 15.0 Å². The van der Waals surface area contributed by atoms with Crippen LogP contribution in [0.25, 0.3) is 11.3 Å². The first-order chi connectivity index (χ1) is 16.0. The van der Waals surface area contributed by atoms with Crippen LogP contribution >= 0.6 is 0 Å². The van der Waals surface area contributed by atoms with Crippen LogP contribution in [0.2, 0.25) is 0 Å². The number of H-pyrrole nitrogens is 1. The molecule has 0 saturated carbocycles. The van der Waals surface area contributed by atoms with Gasteiger partial charge in [-0.25, -0.2) is 9.97 Å². The number of nitrogens with zero attached hydrogens (tertiary/aromatic N) is 4. The molecule has 1 amide bonds. The maximum atomic E-state index is 13.8. The van der Waals surface area contributed by atoms with Gasteiger partial charge in [0.1, 0.15) is 11.6 Å². The average Bonchev–Trinajstić information content (AvgIpc) is 3.16. The first-order valence-corrected chi connectivity index (χ1v) is 12.2. The molecule has 0 unspecified atom stereocenters. The van der Waals surface area contributed by atoms with Crippen LogP contribution in [0.5, 0.6) is 0 Å². The van der Waals surface area contributed by atoms with Gasteiger partial charge in [-0.15, -0.1) is 0 Å². The van der Waals surface area contributed by atoms with Gasteiger partial charge in [0.05, 0.1) is 11.4 Å². The van der Waals surface area contributed by atoms with Crippen LogP contribution in [-0.4, -0.2) is 40.5 Å². The quantitative estimate of drug-likeness (QED) is 0.626. The standard InChI is InChI=1S/C27H33N5O/c1-4-5-24-29-22-11-15-32(23-7-6-18(2)16-21(23)26(22)30-24)27(33)20-9-13-31(14-10-20)25-17-19(3)8-12-28-25/h6-8,12,16-17,20H,4-5,9-11,13-15H2,1-3H3,(H,29,30). The Morgan fingerprint density at radius 2 is 1.88 bits per heavy atom. The Hall–Kier alpha value is -3.15. The van der Waals surface area contributed by atoms with Crippen LogP contribution in [0, 0.1) is 19.8 Å². The summed E-state index contributed by atoms with van der Waals surface area (Å²) < 4.78 is 0. The number of anilines is 2. The molecule has 0 aliphatic carbocycles. The normalized spacial score (nSPS) is 16.3. The van der Waals surface area contributed by atoms with Gasteiger partial charge in [-0.2, -0.15) is 0 Å². The fourth-order valence-electron chi connectivity index (χ4n) is 5.14. The Labute approximate surface area is 196 Å². The minimum Gasteiger partial charge on any atom is -0.357 e. The summed E-state index contributed by atoms with van der Waals surface area (Å²) in [5.74, 6) is 2.35. The number of fused-ring (bicyclic) bond motifs is 3. The molecule has 3 aromatic rings. The molecule has 2 aliphatic heterocycles. The number of piperidine rings is 1. The van der Waals surface area contributed by atoms with Gasteiger partial charge in [-0.05, 0) is 62.9 Å². The Morgan fingerprint density at radius 1 is 1.09 bits per heavy atom. The zero-order valence-corrected chi connectivity index (χ0v) is 19.9. The van der Waals surface area contributed by atoms with Crippen molar-refractivity contribution in [3.05, 3.63) is 59.2 Å². The zero-order chi connectivity index (χ0) is 22.9. The van der Waals surface area contributed by atoms with Crippen molar-refractivity contribution in [2.75, 3.05) is 29.4 Å². The third-order valence-corrected chi connectivity index (χ3v) is 6.93. The summed E-state index contributed by atoms with van der Waals surface area (Å²) in [6.45, 7) is 8.79. The van der Waals surface area contributed by atoms with Crippen LogP contribution in [0.1, 0.15) is 48.8 Å². The molecule has 0 radical (unpaired) electrons. The lowest BCUT2D eigenvalue weighted by atomic mass is 9.94. The Balaban J connectivity index is 1.37. The maximum Gasteiger partial charge on any atom is 0.230 e. The van der Waals surface area contributed by atoms with E-state index in [1.54, 1.807) is 0 Å². The van der Waals surface area contributed by atoms with Gasteiger partial charge in [-0.1, -0.05) is 18.6 Å². The predicted octanol–water partition coefficient (Wildman–Crippen LogP) is 4.85. The minimum absolute atomic E-state index is 0.0419. The van der Waals surface area contributed by atoms with Crippen LogP contribution in [0.15, 0.2) is 36.5 Å². The number of benzene rings is 1. The molecule has 1 fully saturated rings. The van der Waals surface area contributed by atoms with E-state index in [2.05, 4.69) is 59.9 Å². The third-order valence-electron chi connectivity index (χ3n) is 6.93. The summed E-state index contributed by atoms with van der Waals surface area (Å²) in [5.41, 5.74) is 6.66. The summed E-state index contributed by atoms with van der Waals surface area (Å²) in [6, 6.07) is 10.5. The number of nitrogens with one attached hydrogen (secondary N) is 1. The van der Waals surface area contributed by atoms with Crippen molar-refractivity contribution in [2.45, 2.75) is 52.9 Å². The van der Waals surface area contributed by atoms with Gasteiger partial charge < -0.3 is 14.8 Å². The molecule has 6 nitrogen and oxygen atoms in total. The lowest BCUT2D eigenvalue weighted by Crippen LogP contribution is -2.43. The number of amides is 1. The van der Waals surface area contributed by atoms with Crippen molar-refractivity contribution in [3.8, 4) is 11.3 Å². The number of pyridine rings is 1. The van der Waals surface area contributed by atoms with E-state index in [4.69, 9.17) is 4.98 Å². The summed E-state index contributed by atoms with van der Waals surface area (Å²) >= 11 is 0. The fourth-order valence-corrected chi connectivity index (χ4v) is 5.14. The molecule has 33 heavy (non-hydrogen) atoms. The van der Waals surface area contributed by atoms with Crippen LogP contribution < -0.4 is 9.80 Å².